The maximum Gasteiger partial charge on any atom is 0.319 e. The van der Waals surface area contributed by atoms with E-state index in [2.05, 4.69) is 15.6 Å². The van der Waals surface area contributed by atoms with Crippen molar-refractivity contribution in [1.82, 2.24) is 10.3 Å². The van der Waals surface area contributed by atoms with Crippen LogP contribution >= 0.6 is 11.6 Å². The molecule has 3 rings (SSSR count). The lowest BCUT2D eigenvalue weighted by Crippen LogP contribution is -2.41. The monoisotopic (exact) mass is 347 g/mol. The molecule has 1 atom stereocenters. The van der Waals surface area contributed by atoms with Gasteiger partial charge in [0, 0.05) is 17.6 Å². The fraction of sp³-hybridized carbons (Fsp3) is 0.444. The Hall–Kier alpha value is -2.01. The van der Waals surface area contributed by atoms with Gasteiger partial charge in [0.2, 0.25) is 0 Å². The van der Waals surface area contributed by atoms with Crippen LogP contribution in [0.25, 0.3) is 10.9 Å². The number of carbonyl (C=O) groups is 1. The molecule has 0 aliphatic heterocycles. The molecule has 0 unspecified atom stereocenters. The van der Waals surface area contributed by atoms with Gasteiger partial charge in [-0.2, -0.15) is 0 Å². The molecule has 3 N–H and O–H groups in total. The summed E-state index contributed by atoms with van der Waals surface area (Å²) in [5, 5.41) is 17.1. The van der Waals surface area contributed by atoms with Gasteiger partial charge in [-0.15, -0.1) is 0 Å². The van der Waals surface area contributed by atoms with E-state index in [0.29, 0.717) is 21.8 Å². The Morgan fingerprint density at radius 2 is 2.12 bits per heavy atom. The smallest absolute Gasteiger partial charge is 0.319 e. The van der Waals surface area contributed by atoms with Crippen LogP contribution in [0.3, 0.4) is 0 Å². The van der Waals surface area contributed by atoms with Gasteiger partial charge >= 0.3 is 6.03 Å². The third-order valence-corrected chi connectivity index (χ3v) is 5.09. The quantitative estimate of drug-likeness (QED) is 0.705. The second-order valence-corrected chi connectivity index (χ2v) is 6.85. The molecular weight excluding hydrogens is 326 g/mol. The Kier molecular flexibility index (Phi) is 5.09. The summed E-state index contributed by atoms with van der Waals surface area (Å²) in [6.07, 6.45) is 7.62. The predicted octanol–water partition coefficient (Wildman–Crippen LogP) is 4.68. The van der Waals surface area contributed by atoms with Crippen molar-refractivity contribution in [2.75, 3.05) is 5.32 Å². The summed E-state index contributed by atoms with van der Waals surface area (Å²) in [6.45, 7) is 2.03. The summed E-state index contributed by atoms with van der Waals surface area (Å²) >= 11 is 6.22. The van der Waals surface area contributed by atoms with Gasteiger partial charge < -0.3 is 15.7 Å². The van der Waals surface area contributed by atoms with Crippen LogP contribution in [-0.4, -0.2) is 22.2 Å². The molecule has 6 heteroatoms. The van der Waals surface area contributed by atoms with E-state index in [-0.39, 0.29) is 23.5 Å². The lowest BCUT2D eigenvalue weighted by atomic mass is 9.85. The van der Waals surface area contributed by atoms with E-state index < -0.39 is 0 Å². The fourth-order valence-electron chi connectivity index (χ4n) is 3.40. The summed E-state index contributed by atoms with van der Waals surface area (Å²) in [4.78, 5) is 16.4. The van der Waals surface area contributed by atoms with Crippen molar-refractivity contribution in [3.63, 3.8) is 0 Å². The molecule has 0 radical (unpaired) electrons. The maximum absolute atomic E-state index is 12.3. The number of amides is 2. The van der Waals surface area contributed by atoms with E-state index in [9.17, 15) is 9.90 Å². The third-order valence-electron chi connectivity index (χ3n) is 4.78. The number of nitrogens with zero attached hydrogens (tertiary/aromatic N) is 1. The molecule has 128 valence electrons. The number of aromatic nitrogens is 1. The molecule has 1 fully saturated rings. The molecule has 5 nitrogen and oxygen atoms in total. The zero-order valence-electron chi connectivity index (χ0n) is 13.7. The molecule has 1 aliphatic rings. The van der Waals surface area contributed by atoms with Crippen LogP contribution in [0.15, 0.2) is 24.4 Å². The number of urea groups is 1. The van der Waals surface area contributed by atoms with Crippen LogP contribution in [-0.2, 0) is 0 Å². The van der Waals surface area contributed by atoms with Crippen LogP contribution in [0.5, 0.6) is 5.75 Å². The maximum atomic E-state index is 12.3. The molecule has 1 heterocycles. The Balaban J connectivity index is 1.72. The van der Waals surface area contributed by atoms with E-state index >= 15 is 0 Å². The van der Waals surface area contributed by atoms with Crippen molar-refractivity contribution in [1.29, 1.82) is 0 Å². The second kappa shape index (κ2) is 7.26. The number of nitrogens with one attached hydrogen (secondary N) is 2. The summed E-state index contributed by atoms with van der Waals surface area (Å²) in [6, 6.07) is 4.83. The van der Waals surface area contributed by atoms with Gasteiger partial charge in [-0.05, 0) is 43.9 Å². The predicted molar refractivity (Wildman–Crippen MR) is 96.6 cm³/mol. The van der Waals surface area contributed by atoms with Crippen molar-refractivity contribution in [2.45, 2.75) is 45.1 Å². The minimum Gasteiger partial charge on any atom is -0.504 e. The average Bonchev–Trinajstić information content (AvgIpc) is 2.60. The van der Waals surface area contributed by atoms with Crippen LogP contribution in [0, 0.1) is 5.92 Å². The number of halogens is 1. The summed E-state index contributed by atoms with van der Waals surface area (Å²) in [5.41, 5.74) is 0.639. The minimum atomic E-state index is -0.338. The number of hydrogen-bond donors (Lipinski definition) is 3. The van der Waals surface area contributed by atoms with E-state index in [1.807, 2.05) is 6.92 Å². The zero-order valence-corrected chi connectivity index (χ0v) is 14.4. The number of benzene rings is 1. The van der Waals surface area contributed by atoms with Gasteiger partial charge in [0.25, 0.3) is 0 Å². The van der Waals surface area contributed by atoms with Gasteiger partial charge in [-0.25, -0.2) is 4.79 Å². The van der Waals surface area contributed by atoms with Crippen LogP contribution < -0.4 is 10.6 Å². The first-order valence-corrected chi connectivity index (χ1v) is 8.78. The summed E-state index contributed by atoms with van der Waals surface area (Å²) in [7, 11) is 0. The Bertz CT molecular complexity index is 744. The number of aromatic hydroxyl groups is 1. The van der Waals surface area contributed by atoms with E-state index in [0.717, 1.165) is 12.8 Å². The Labute approximate surface area is 146 Å². The molecule has 1 aliphatic carbocycles. The SMILES string of the molecule is C[C@H](NC(=O)Nc1cc(Cl)c2cccnc2c1O)C1CCCCC1. The van der Waals surface area contributed by atoms with Crippen molar-refractivity contribution < 1.29 is 9.90 Å². The topological polar surface area (TPSA) is 74.2 Å². The van der Waals surface area contributed by atoms with Gasteiger partial charge in [0.1, 0.15) is 5.52 Å². The first-order chi connectivity index (χ1) is 11.6. The third kappa shape index (κ3) is 3.56. The molecule has 2 aromatic rings. The largest absolute Gasteiger partial charge is 0.504 e. The van der Waals surface area contributed by atoms with Crippen molar-refractivity contribution in [3.05, 3.63) is 29.4 Å². The lowest BCUT2D eigenvalue weighted by molar-refractivity contribution is 0.235. The van der Waals surface area contributed by atoms with Gasteiger partial charge in [-0.3, -0.25) is 4.98 Å². The molecule has 1 aromatic carbocycles. The first-order valence-electron chi connectivity index (χ1n) is 8.40. The lowest BCUT2D eigenvalue weighted by Gasteiger charge is -2.28. The van der Waals surface area contributed by atoms with Crippen LogP contribution in [0.4, 0.5) is 10.5 Å². The normalized spacial score (nSPS) is 16.8. The Morgan fingerprint density at radius 1 is 1.38 bits per heavy atom. The highest BCUT2D eigenvalue weighted by molar-refractivity contribution is 6.36. The molecular formula is C18H22ClN3O2. The fourth-order valence-corrected chi connectivity index (χ4v) is 3.66. The minimum absolute atomic E-state index is 0.0736. The van der Waals surface area contributed by atoms with Gasteiger partial charge in [0.05, 0.1) is 10.7 Å². The second-order valence-electron chi connectivity index (χ2n) is 6.44. The number of fused-ring (bicyclic) bond motifs is 1. The summed E-state index contributed by atoms with van der Waals surface area (Å²) < 4.78 is 0. The van der Waals surface area contributed by atoms with Crippen molar-refractivity contribution in [2.24, 2.45) is 5.92 Å². The van der Waals surface area contributed by atoms with E-state index in [4.69, 9.17) is 11.6 Å². The average molecular weight is 348 g/mol. The van der Waals surface area contributed by atoms with Gasteiger partial charge in [0.15, 0.2) is 5.75 Å². The standard InChI is InChI=1S/C18H22ClN3O2/c1-11(12-6-3-2-4-7-12)21-18(24)22-15-10-14(19)13-8-5-9-20-16(13)17(15)23/h5,8-12,23H,2-4,6-7H2,1H3,(H2,21,22,24)/t11-/m0/s1. The number of phenolic OH excluding ortho intramolecular Hbond substituents is 1. The number of rotatable bonds is 3. The number of pyridine rings is 1. The molecule has 24 heavy (non-hydrogen) atoms. The highest BCUT2D eigenvalue weighted by atomic mass is 35.5. The Morgan fingerprint density at radius 3 is 2.88 bits per heavy atom. The van der Waals surface area contributed by atoms with Crippen molar-refractivity contribution in [3.8, 4) is 5.75 Å². The van der Waals surface area contributed by atoms with Gasteiger partial charge in [-0.1, -0.05) is 30.9 Å². The summed E-state index contributed by atoms with van der Waals surface area (Å²) in [5.74, 6) is 0.440. The highest BCUT2D eigenvalue weighted by Crippen LogP contribution is 2.36. The molecule has 0 saturated heterocycles. The molecule has 2 amide bonds. The van der Waals surface area contributed by atoms with Crippen LogP contribution in [0.1, 0.15) is 39.0 Å². The van der Waals surface area contributed by atoms with Crippen molar-refractivity contribution >= 4 is 34.2 Å². The zero-order chi connectivity index (χ0) is 17.1. The van der Waals surface area contributed by atoms with Crippen LogP contribution in [0.2, 0.25) is 5.02 Å². The molecule has 0 spiro atoms. The molecule has 1 aromatic heterocycles. The van der Waals surface area contributed by atoms with E-state index in [1.165, 1.54) is 19.3 Å². The molecule has 1 saturated carbocycles. The first kappa shape index (κ1) is 16.8. The number of anilines is 1. The number of carbonyl (C=O) groups excluding carboxylic acids is 1. The van der Waals surface area contributed by atoms with E-state index in [1.54, 1.807) is 24.4 Å². The highest BCUT2D eigenvalue weighted by Gasteiger charge is 2.22. The molecule has 0 bridgehead atoms. The number of hydrogen-bond acceptors (Lipinski definition) is 3. The number of phenols is 1.